The average molecular weight is 412 g/mol. The number of nitrogens with zero attached hydrogens (tertiary/aromatic N) is 4. The molecule has 1 N–H and O–H groups in total. The zero-order valence-electron chi connectivity index (χ0n) is 18.2. The summed E-state index contributed by atoms with van der Waals surface area (Å²) < 4.78 is 5.76. The fraction of sp³-hybridized carbons (Fsp3) is 0.696. The van der Waals surface area contributed by atoms with Crippen molar-refractivity contribution in [3.8, 4) is 6.07 Å². The van der Waals surface area contributed by atoms with Crippen LogP contribution in [0.1, 0.15) is 42.5 Å². The van der Waals surface area contributed by atoms with Gasteiger partial charge in [0, 0.05) is 31.9 Å². The molecule has 2 saturated heterocycles. The van der Waals surface area contributed by atoms with Crippen LogP contribution in [0.2, 0.25) is 0 Å². The van der Waals surface area contributed by atoms with Crippen LogP contribution in [-0.2, 0) is 9.53 Å². The molecule has 3 fully saturated rings. The van der Waals surface area contributed by atoms with Crippen molar-refractivity contribution in [3.05, 3.63) is 22.9 Å². The van der Waals surface area contributed by atoms with Crippen molar-refractivity contribution in [3.63, 3.8) is 0 Å². The SMILES string of the molecule is Cc1cc(C)c(C#N)c(NCC2CN(CC3CCN(CC4CC4)CC3)C(=O)CO2)n1. The molecule has 0 aromatic carbocycles. The number of nitriles is 1. The standard InChI is InChI=1S/C23H33N5O2/c1-16-9-17(2)26-23(21(16)10-24)25-11-20-14-28(22(29)15-30-20)13-19-5-7-27(8-6-19)12-18-3-4-18/h9,18-20H,3-8,11-15H2,1-2H3,(H,25,26). The molecule has 1 aromatic rings. The minimum absolute atomic E-state index is 0.0909. The summed E-state index contributed by atoms with van der Waals surface area (Å²) in [7, 11) is 0. The van der Waals surface area contributed by atoms with Crippen LogP contribution in [-0.4, -0.2) is 72.7 Å². The normalized spacial score (nSPS) is 23.4. The summed E-state index contributed by atoms with van der Waals surface area (Å²) in [5.74, 6) is 2.23. The number of ether oxygens (including phenoxy) is 1. The Labute approximate surface area is 179 Å². The van der Waals surface area contributed by atoms with Gasteiger partial charge in [0.15, 0.2) is 0 Å². The summed E-state index contributed by atoms with van der Waals surface area (Å²) in [5, 5.41) is 12.7. The van der Waals surface area contributed by atoms with E-state index in [1.807, 2.05) is 24.8 Å². The zero-order valence-corrected chi connectivity index (χ0v) is 18.2. The second kappa shape index (κ2) is 9.32. The number of rotatable bonds is 7. The van der Waals surface area contributed by atoms with E-state index in [9.17, 15) is 10.1 Å². The summed E-state index contributed by atoms with van der Waals surface area (Å²) in [5.41, 5.74) is 2.37. The number of carbonyl (C=O) groups excluding carboxylic acids is 1. The minimum Gasteiger partial charge on any atom is -0.366 e. The van der Waals surface area contributed by atoms with Crippen LogP contribution in [0.25, 0.3) is 0 Å². The lowest BCUT2D eigenvalue weighted by Gasteiger charge is -2.38. The number of morpholine rings is 1. The number of hydrogen-bond acceptors (Lipinski definition) is 6. The molecule has 3 aliphatic rings. The number of amides is 1. The highest BCUT2D eigenvalue weighted by molar-refractivity contribution is 5.78. The van der Waals surface area contributed by atoms with E-state index >= 15 is 0 Å². The van der Waals surface area contributed by atoms with E-state index < -0.39 is 0 Å². The maximum Gasteiger partial charge on any atom is 0.248 e. The monoisotopic (exact) mass is 411 g/mol. The summed E-state index contributed by atoms with van der Waals surface area (Å²) >= 11 is 0. The second-order valence-electron chi connectivity index (χ2n) is 9.22. The number of hydrogen-bond donors (Lipinski definition) is 1. The number of nitrogens with one attached hydrogen (secondary N) is 1. The van der Waals surface area contributed by atoms with Crippen LogP contribution in [0.15, 0.2) is 6.07 Å². The van der Waals surface area contributed by atoms with Crippen molar-refractivity contribution < 1.29 is 9.53 Å². The topological polar surface area (TPSA) is 81.5 Å². The molecule has 1 unspecified atom stereocenters. The molecule has 7 nitrogen and oxygen atoms in total. The smallest absolute Gasteiger partial charge is 0.248 e. The van der Waals surface area contributed by atoms with Crippen molar-refractivity contribution in [1.29, 1.82) is 5.26 Å². The van der Waals surface area contributed by atoms with E-state index in [2.05, 4.69) is 21.3 Å². The van der Waals surface area contributed by atoms with Gasteiger partial charge in [-0.3, -0.25) is 4.79 Å². The highest BCUT2D eigenvalue weighted by atomic mass is 16.5. The molecule has 0 spiro atoms. The predicted octanol–water partition coefficient (Wildman–Crippen LogP) is 2.33. The van der Waals surface area contributed by atoms with E-state index in [4.69, 9.17) is 4.74 Å². The summed E-state index contributed by atoms with van der Waals surface area (Å²) in [6, 6.07) is 4.15. The van der Waals surface area contributed by atoms with Crippen LogP contribution in [0.4, 0.5) is 5.82 Å². The Morgan fingerprint density at radius 2 is 1.93 bits per heavy atom. The van der Waals surface area contributed by atoms with Crippen LogP contribution in [0.3, 0.4) is 0 Å². The van der Waals surface area contributed by atoms with Gasteiger partial charge in [-0.15, -0.1) is 0 Å². The maximum atomic E-state index is 12.4. The molecule has 162 valence electrons. The highest BCUT2D eigenvalue weighted by Gasteiger charge is 2.31. The third-order valence-corrected chi connectivity index (χ3v) is 6.57. The van der Waals surface area contributed by atoms with E-state index in [0.717, 1.165) is 23.7 Å². The van der Waals surface area contributed by atoms with Crippen LogP contribution in [0.5, 0.6) is 0 Å². The second-order valence-corrected chi connectivity index (χ2v) is 9.22. The first kappa shape index (κ1) is 21.1. The number of carbonyl (C=O) groups is 1. The molecule has 1 saturated carbocycles. The molecular weight excluding hydrogens is 378 g/mol. The maximum absolute atomic E-state index is 12.4. The molecule has 4 rings (SSSR count). The quantitative estimate of drug-likeness (QED) is 0.742. The van der Waals surface area contributed by atoms with Gasteiger partial charge in [-0.1, -0.05) is 0 Å². The van der Waals surface area contributed by atoms with Gasteiger partial charge in [0.05, 0.1) is 11.7 Å². The van der Waals surface area contributed by atoms with E-state index in [1.165, 1.54) is 45.3 Å². The minimum atomic E-state index is -0.0909. The van der Waals surface area contributed by atoms with Gasteiger partial charge in [0.1, 0.15) is 18.5 Å². The lowest BCUT2D eigenvalue weighted by Crippen LogP contribution is -2.51. The van der Waals surface area contributed by atoms with Gasteiger partial charge in [0.2, 0.25) is 5.91 Å². The van der Waals surface area contributed by atoms with Crippen LogP contribution in [0, 0.1) is 37.0 Å². The third kappa shape index (κ3) is 5.30. The number of anilines is 1. The van der Waals surface area contributed by atoms with Crippen molar-refractivity contribution in [1.82, 2.24) is 14.8 Å². The molecule has 2 aliphatic heterocycles. The summed E-state index contributed by atoms with van der Waals surface area (Å²) in [6.45, 7) is 9.56. The molecule has 1 amide bonds. The number of aromatic nitrogens is 1. The lowest BCUT2D eigenvalue weighted by molar-refractivity contribution is -0.149. The fourth-order valence-electron chi connectivity index (χ4n) is 4.63. The fourth-order valence-corrected chi connectivity index (χ4v) is 4.63. The number of aryl methyl sites for hydroxylation is 2. The molecule has 7 heteroatoms. The Morgan fingerprint density at radius 1 is 1.20 bits per heavy atom. The first-order chi connectivity index (χ1) is 14.5. The number of likely N-dealkylation sites (tertiary alicyclic amines) is 1. The predicted molar refractivity (Wildman–Crippen MR) is 115 cm³/mol. The van der Waals surface area contributed by atoms with E-state index in [0.29, 0.717) is 30.4 Å². The highest BCUT2D eigenvalue weighted by Crippen LogP contribution is 2.31. The van der Waals surface area contributed by atoms with Gasteiger partial charge in [-0.25, -0.2) is 4.98 Å². The Bertz CT molecular complexity index is 809. The van der Waals surface area contributed by atoms with Gasteiger partial charge in [0.25, 0.3) is 0 Å². The van der Waals surface area contributed by atoms with Gasteiger partial charge in [-0.2, -0.15) is 5.26 Å². The molecule has 3 heterocycles. The molecule has 30 heavy (non-hydrogen) atoms. The van der Waals surface area contributed by atoms with Crippen molar-refractivity contribution in [2.45, 2.75) is 45.6 Å². The molecule has 1 atom stereocenters. The summed E-state index contributed by atoms with van der Waals surface area (Å²) in [6.07, 6.45) is 5.08. The van der Waals surface area contributed by atoms with Crippen molar-refractivity contribution >= 4 is 11.7 Å². The molecule has 1 aromatic heterocycles. The Morgan fingerprint density at radius 3 is 2.63 bits per heavy atom. The largest absolute Gasteiger partial charge is 0.366 e. The van der Waals surface area contributed by atoms with Crippen LogP contribution >= 0.6 is 0 Å². The summed E-state index contributed by atoms with van der Waals surface area (Å²) in [4.78, 5) is 21.5. The molecule has 1 aliphatic carbocycles. The zero-order chi connectivity index (χ0) is 21.1. The molecule has 0 radical (unpaired) electrons. The number of pyridine rings is 1. The third-order valence-electron chi connectivity index (χ3n) is 6.57. The first-order valence-electron chi connectivity index (χ1n) is 11.3. The Balaban J connectivity index is 1.27. The van der Waals surface area contributed by atoms with Gasteiger partial charge in [-0.05, 0) is 76.1 Å². The molecular formula is C23H33N5O2. The molecule has 0 bridgehead atoms. The Kier molecular flexibility index (Phi) is 6.55. The lowest BCUT2D eigenvalue weighted by atomic mass is 9.95. The van der Waals surface area contributed by atoms with Crippen LogP contribution < -0.4 is 5.32 Å². The van der Waals surface area contributed by atoms with Crippen molar-refractivity contribution in [2.24, 2.45) is 11.8 Å². The van der Waals surface area contributed by atoms with Gasteiger partial charge >= 0.3 is 0 Å². The Hall–Kier alpha value is -2.17. The number of piperidine rings is 1. The van der Waals surface area contributed by atoms with E-state index in [1.54, 1.807) is 0 Å². The first-order valence-corrected chi connectivity index (χ1v) is 11.3. The van der Waals surface area contributed by atoms with E-state index in [-0.39, 0.29) is 18.6 Å². The van der Waals surface area contributed by atoms with Crippen molar-refractivity contribution in [2.75, 3.05) is 51.2 Å². The average Bonchev–Trinajstić information content (AvgIpc) is 3.54. The van der Waals surface area contributed by atoms with Gasteiger partial charge < -0.3 is 19.9 Å².